The van der Waals surface area contributed by atoms with Crippen LogP contribution in [-0.2, 0) is 0 Å². The molecule has 0 unspecified atom stereocenters. The summed E-state index contributed by atoms with van der Waals surface area (Å²) in [5.41, 5.74) is 0.318. The van der Waals surface area contributed by atoms with Crippen LogP contribution in [0, 0.1) is 40.8 Å². The van der Waals surface area contributed by atoms with Crippen LogP contribution in [0.2, 0.25) is 0 Å². The quantitative estimate of drug-likeness (QED) is 0.255. The van der Waals surface area contributed by atoms with Crippen molar-refractivity contribution in [3.8, 4) is 11.8 Å². The van der Waals surface area contributed by atoms with Crippen LogP contribution in [-0.4, -0.2) is 6.61 Å². The minimum Gasteiger partial charge on any atom is -0.486 e. The molecule has 2 saturated carbocycles. The molecule has 176 valence electrons. The zero-order valence-corrected chi connectivity index (χ0v) is 20.0. The van der Waals surface area contributed by atoms with Gasteiger partial charge >= 0.3 is 0 Å². The molecule has 0 spiro atoms. The standard InChI is InChI=1S/C29H42FNO/c1-2-3-4-5-6-9-24-10-7-12-27(20-24)26-16-13-23(14-17-26)11-8-19-32-29-18-15-25(22-31)21-28(29)30/h8,11,15,18,21,23-24,26-27H,2-7,9-10,12-14,16-17,19-20H2,1H3/b11-8+/t23?,24-,26?,27-/m0/s1. The van der Waals surface area contributed by atoms with Gasteiger partial charge in [-0.05, 0) is 74.0 Å². The van der Waals surface area contributed by atoms with Crippen molar-refractivity contribution in [3.05, 3.63) is 41.7 Å². The molecule has 0 bridgehead atoms. The lowest BCUT2D eigenvalue weighted by Crippen LogP contribution is -2.26. The molecule has 0 N–H and O–H groups in total. The number of allylic oxidation sites excluding steroid dienone is 1. The van der Waals surface area contributed by atoms with E-state index in [-0.39, 0.29) is 5.75 Å². The van der Waals surface area contributed by atoms with Crippen molar-refractivity contribution < 1.29 is 9.13 Å². The fourth-order valence-corrected chi connectivity index (χ4v) is 5.94. The van der Waals surface area contributed by atoms with Crippen LogP contribution in [0.3, 0.4) is 0 Å². The SMILES string of the molecule is CCCCCCC[C@H]1CCC[C@H](C2CCC(/C=C/COc3ccc(C#N)cc3F)CC2)C1. The summed E-state index contributed by atoms with van der Waals surface area (Å²) in [5, 5.41) is 8.82. The van der Waals surface area contributed by atoms with Crippen LogP contribution in [0.1, 0.15) is 102 Å². The van der Waals surface area contributed by atoms with E-state index in [0.717, 1.165) is 17.8 Å². The average Bonchev–Trinajstić information content (AvgIpc) is 2.83. The Hall–Kier alpha value is -1.82. The first-order valence-electron chi connectivity index (χ1n) is 13.2. The summed E-state index contributed by atoms with van der Waals surface area (Å²) in [7, 11) is 0. The van der Waals surface area contributed by atoms with Gasteiger partial charge in [0.15, 0.2) is 11.6 Å². The molecule has 3 rings (SSSR count). The molecule has 3 heteroatoms. The van der Waals surface area contributed by atoms with Crippen LogP contribution in [0.5, 0.6) is 5.75 Å². The monoisotopic (exact) mass is 439 g/mol. The zero-order chi connectivity index (χ0) is 22.6. The van der Waals surface area contributed by atoms with E-state index in [0.29, 0.717) is 18.1 Å². The van der Waals surface area contributed by atoms with Gasteiger partial charge in [0, 0.05) is 0 Å². The van der Waals surface area contributed by atoms with Crippen LogP contribution in [0.25, 0.3) is 0 Å². The topological polar surface area (TPSA) is 33.0 Å². The van der Waals surface area contributed by atoms with Crippen LogP contribution in [0.15, 0.2) is 30.4 Å². The Morgan fingerprint density at radius 1 is 1.03 bits per heavy atom. The number of benzene rings is 1. The summed E-state index contributed by atoms with van der Waals surface area (Å²) >= 11 is 0. The molecular formula is C29H42FNO. The van der Waals surface area contributed by atoms with Gasteiger partial charge < -0.3 is 4.74 Å². The molecule has 0 amide bonds. The molecule has 2 atom stereocenters. The van der Waals surface area contributed by atoms with E-state index in [1.807, 2.05) is 12.1 Å². The molecule has 2 aliphatic carbocycles. The highest BCUT2D eigenvalue weighted by Crippen LogP contribution is 2.43. The third-order valence-corrected chi connectivity index (χ3v) is 7.83. The van der Waals surface area contributed by atoms with Gasteiger partial charge in [-0.25, -0.2) is 4.39 Å². The lowest BCUT2D eigenvalue weighted by molar-refractivity contribution is 0.143. The summed E-state index contributed by atoms with van der Waals surface area (Å²) in [6, 6.07) is 6.29. The fourth-order valence-electron chi connectivity index (χ4n) is 5.94. The van der Waals surface area contributed by atoms with Crippen molar-refractivity contribution in [2.24, 2.45) is 23.7 Å². The molecule has 0 radical (unpaired) electrons. The Balaban J connectivity index is 1.33. The maximum atomic E-state index is 13.9. The highest BCUT2D eigenvalue weighted by Gasteiger charge is 2.30. The molecule has 2 nitrogen and oxygen atoms in total. The van der Waals surface area contributed by atoms with Crippen LogP contribution < -0.4 is 4.74 Å². The van der Waals surface area contributed by atoms with Gasteiger partial charge in [0.05, 0.1) is 11.6 Å². The molecule has 2 aliphatic rings. The maximum absolute atomic E-state index is 13.9. The van der Waals surface area contributed by atoms with Crippen molar-refractivity contribution in [2.75, 3.05) is 6.61 Å². The van der Waals surface area contributed by atoms with Crippen molar-refractivity contribution >= 4 is 0 Å². The second-order valence-electron chi connectivity index (χ2n) is 10.2. The molecule has 0 heterocycles. The number of nitriles is 1. The number of nitrogens with zero attached hydrogens (tertiary/aromatic N) is 1. The summed E-state index contributed by atoms with van der Waals surface area (Å²) in [6.07, 6.45) is 24.0. The van der Waals surface area contributed by atoms with E-state index in [2.05, 4.69) is 13.0 Å². The number of hydrogen-bond acceptors (Lipinski definition) is 2. The third kappa shape index (κ3) is 7.95. The Labute approximate surface area is 195 Å². The molecule has 2 fully saturated rings. The van der Waals surface area contributed by atoms with Crippen LogP contribution in [0.4, 0.5) is 4.39 Å². The second kappa shape index (κ2) is 13.7. The molecule has 32 heavy (non-hydrogen) atoms. The molecule has 0 saturated heterocycles. The van der Waals surface area contributed by atoms with Gasteiger partial charge in [0.1, 0.15) is 6.61 Å². The average molecular weight is 440 g/mol. The van der Waals surface area contributed by atoms with Gasteiger partial charge in [-0.1, -0.05) is 76.9 Å². The van der Waals surface area contributed by atoms with Crippen molar-refractivity contribution in [1.29, 1.82) is 5.26 Å². The first-order valence-corrected chi connectivity index (χ1v) is 13.2. The Bertz CT molecular complexity index is 744. The van der Waals surface area contributed by atoms with E-state index in [1.165, 1.54) is 102 Å². The Morgan fingerprint density at radius 3 is 2.59 bits per heavy atom. The predicted molar refractivity (Wildman–Crippen MR) is 130 cm³/mol. The van der Waals surface area contributed by atoms with Crippen molar-refractivity contribution in [3.63, 3.8) is 0 Å². The zero-order valence-electron chi connectivity index (χ0n) is 20.0. The molecule has 1 aromatic carbocycles. The van der Waals surface area contributed by atoms with E-state index in [1.54, 1.807) is 6.07 Å². The Kier molecular flexibility index (Phi) is 10.6. The number of halogens is 1. The highest BCUT2D eigenvalue weighted by molar-refractivity contribution is 5.36. The first kappa shape index (κ1) is 24.8. The summed E-state index contributed by atoms with van der Waals surface area (Å²) in [4.78, 5) is 0. The molecule has 0 aliphatic heterocycles. The number of hydrogen-bond donors (Lipinski definition) is 0. The lowest BCUT2D eigenvalue weighted by Gasteiger charge is -2.38. The summed E-state index contributed by atoms with van der Waals surface area (Å²) in [6.45, 7) is 2.67. The smallest absolute Gasteiger partial charge is 0.166 e. The number of unbranched alkanes of at least 4 members (excludes halogenated alkanes) is 4. The summed E-state index contributed by atoms with van der Waals surface area (Å²) < 4.78 is 19.4. The highest BCUT2D eigenvalue weighted by atomic mass is 19.1. The van der Waals surface area contributed by atoms with Crippen molar-refractivity contribution in [1.82, 2.24) is 0 Å². The largest absolute Gasteiger partial charge is 0.486 e. The third-order valence-electron chi connectivity index (χ3n) is 7.83. The van der Waals surface area contributed by atoms with Crippen molar-refractivity contribution in [2.45, 2.75) is 96.8 Å². The van der Waals surface area contributed by atoms with Gasteiger partial charge in [0.25, 0.3) is 0 Å². The minimum absolute atomic E-state index is 0.217. The second-order valence-corrected chi connectivity index (χ2v) is 10.2. The predicted octanol–water partition coefficient (Wildman–Crippen LogP) is 8.61. The van der Waals surface area contributed by atoms with E-state index < -0.39 is 5.82 Å². The van der Waals surface area contributed by atoms with E-state index in [4.69, 9.17) is 10.00 Å². The first-order chi connectivity index (χ1) is 15.7. The summed E-state index contributed by atoms with van der Waals surface area (Å²) in [5.74, 6) is 3.29. The molecule has 1 aromatic rings. The minimum atomic E-state index is -0.468. The van der Waals surface area contributed by atoms with Gasteiger partial charge in [0.2, 0.25) is 0 Å². The number of rotatable bonds is 11. The van der Waals surface area contributed by atoms with Gasteiger partial charge in [-0.15, -0.1) is 0 Å². The van der Waals surface area contributed by atoms with E-state index in [9.17, 15) is 4.39 Å². The molecular weight excluding hydrogens is 397 g/mol. The van der Waals surface area contributed by atoms with Gasteiger partial charge in [-0.2, -0.15) is 5.26 Å². The maximum Gasteiger partial charge on any atom is 0.166 e. The molecule has 0 aromatic heterocycles. The lowest BCUT2D eigenvalue weighted by atomic mass is 9.68. The van der Waals surface area contributed by atoms with E-state index >= 15 is 0 Å². The van der Waals surface area contributed by atoms with Crippen LogP contribution >= 0.6 is 0 Å². The number of ether oxygens (including phenoxy) is 1. The Morgan fingerprint density at radius 2 is 1.84 bits per heavy atom. The fraction of sp³-hybridized carbons (Fsp3) is 0.690. The normalized spacial score (nSPS) is 26.2. The van der Waals surface area contributed by atoms with Gasteiger partial charge in [-0.3, -0.25) is 0 Å².